The van der Waals surface area contributed by atoms with E-state index in [2.05, 4.69) is 32.6 Å². The van der Waals surface area contributed by atoms with Gasteiger partial charge in [-0.05, 0) is 84.0 Å². The van der Waals surface area contributed by atoms with Crippen LogP contribution in [0.4, 0.5) is 16.2 Å². The molecule has 27 heavy (non-hydrogen) atoms. The molecule has 0 bridgehead atoms. The minimum Gasteiger partial charge on any atom is -0.325 e. The van der Waals surface area contributed by atoms with Gasteiger partial charge in [-0.1, -0.05) is 12.8 Å². The Bertz CT molecular complexity index is 875. The fourth-order valence-electron chi connectivity index (χ4n) is 2.93. The molecule has 1 aliphatic heterocycles. The van der Waals surface area contributed by atoms with Gasteiger partial charge in [0.15, 0.2) is 0 Å². The second-order valence-electron chi connectivity index (χ2n) is 6.47. The number of rotatable bonds is 4. The Kier molecular flexibility index (Phi) is 6.59. The molecule has 0 unspecified atom stereocenters. The molecule has 2 aromatic carbocycles. The minimum absolute atomic E-state index is 0.135. The Morgan fingerprint density at radius 2 is 1.41 bits per heavy atom. The number of benzene rings is 2. The number of halogens is 1. The van der Waals surface area contributed by atoms with E-state index in [9.17, 15) is 13.2 Å². The van der Waals surface area contributed by atoms with Crippen LogP contribution >= 0.6 is 22.6 Å². The molecule has 0 spiro atoms. The molecule has 1 aliphatic rings. The number of anilines is 2. The van der Waals surface area contributed by atoms with Crippen LogP contribution in [-0.2, 0) is 10.0 Å². The van der Waals surface area contributed by atoms with Crippen LogP contribution in [0.1, 0.15) is 25.7 Å². The molecule has 0 saturated carbocycles. The number of urea groups is 1. The largest absolute Gasteiger partial charge is 0.325 e. The van der Waals surface area contributed by atoms with Crippen LogP contribution in [0.25, 0.3) is 0 Å². The van der Waals surface area contributed by atoms with Crippen molar-refractivity contribution in [3.05, 3.63) is 52.1 Å². The zero-order valence-corrected chi connectivity index (χ0v) is 17.8. The summed E-state index contributed by atoms with van der Waals surface area (Å²) in [6.07, 6.45) is 4.36. The van der Waals surface area contributed by atoms with Gasteiger partial charge in [0.05, 0.1) is 4.90 Å². The van der Waals surface area contributed by atoms with Crippen LogP contribution in [0.5, 0.6) is 0 Å². The summed E-state index contributed by atoms with van der Waals surface area (Å²) in [5.41, 5.74) is 1.09. The van der Waals surface area contributed by atoms with E-state index in [0.29, 0.717) is 11.4 Å². The molecule has 8 heteroatoms. The number of hydrogen-bond acceptors (Lipinski definition) is 3. The lowest BCUT2D eigenvalue weighted by Gasteiger charge is -2.20. The molecule has 6 nitrogen and oxygen atoms in total. The Morgan fingerprint density at radius 1 is 0.852 bits per heavy atom. The lowest BCUT2D eigenvalue weighted by atomic mass is 10.2. The van der Waals surface area contributed by atoms with E-state index in [1.807, 2.05) is 17.0 Å². The predicted molar refractivity (Wildman–Crippen MR) is 115 cm³/mol. The van der Waals surface area contributed by atoms with Crippen LogP contribution in [0.3, 0.4) is 0 Å². The first-order valence-electron chi connectivity index (χ1n) is 8.88. The first-order valence-corrected chi connectivity index (χ1v) is 11.4. The summed E-state index contributed by atoms with van der Waals surface area (Å²) < 4.78 is 28.6. The first-order chi connectivity index (χ1) is 12.9. The predicted octanol–water partition coefficient (Wildman–Crippen LogP) is 4.50. The van der Waals surface area contributed by atoms with Gasteiger partial charge in [-0.15, -0.1) is 0 Å². The summed E-state index contributed by atoms with van der Waals surface area (Å²) in [6, 6.07) is 13.2. The number of sulfonamides is 1. The van der Waals surface area contributed by atoms with Gasteiger partial charge in [0.25, 0.3) is 10.0 Å². The van der Waals surface area contributed by atoms with E-state index in [-0.39, 0.29) is 10.9 Å². The third-order valence-electron chi connectivity index (χ3n) is 4.41. The highest BCUT2D eigenvalue weighted by Crippen LogP contribution is 2.20. The molecule has 0 radical (unpaired) electrons. The van der Waals surface area contributed by atoms with Gasteiger partial charge >= 0.3 is 6.03 Å². The molecule has 1 saturated heterocycles. The molecule has 0 atom stereocenters. The van der Waals surface area contributed by atoms with Crippen LogP contribution in [0.2, 0.25) is 0 Å². The van der Waals surface area contributed by atoms with Gasteiger partial charge in [0.1, 0.15) is 0 Å². The summed E-state index contributed by atoms with van der Waals surface area (Å²) in [7, 11) is -3.67. The van der Waals surface area contributed by atoms with Crippen LogP contribution in [-0.4, -0.2) is 32.4 Å². The number of carbonyl (C=O) groups is 1. The Balaban J connectivity index is 1.65. The molecule has 0 aromatic heterocycles. The van der Waals surface area contributed by atoms with E-state index < -0.39 is 10.0 Å². The number of nitrogens with zero attached hydrogens (tertiary/aromatic N) is 1. The third-order valence-corrected chi connectivity index (χ3v) is 6.52. The number of carbonyl (C=O) groups excluding carboxylic acids is 1. The van der Waals surface area contributed by atoms with Crippen molar-refractivity contribution < 1.29 is 13.2 Å². The van der Waals surface area contributed by atoms with E-state index in [4.69, 9.17) is 0 Å². The van der Waals surface area contributed by atoms with Gasteiger partial charge < -0.3 is 10.2 Å². The summed E-state index contributed by atoms with van der Waals surface area (Å²) in [5, 5.41) is 2.84. The van der Waals surface area contributed by atoms with Gasteiger partial charge in [0.2, 0.25) is 0 Å². The number of likely N-dealkylation sites (tertiary alicyclic amines) is 1. The second-order valence-corrected chi connectivity index (χ2v) is 9.40. The van der Waals surface area contributed by atoms with Crippen molar-refractivity contribution in [3.8, 4) is 0 Å². The molecule has 0 aliphatic carbocycles. The monoisotopic (exact) mass is 499 g/mol. The molecular weight excluding hydrogens is 477 g/mol. The lowest BCUT2D eigenvalue weighted by Crippen LogP contribution is -2.35. The van der Waals surface area contributed by atoms with Crippen molar-refractivity contribution in [2.24, 2.45) is 0 Å². The quantitative estimate of drug-likeness (QED) is 0.609. The number of nitrogens with one attached hydrogen (secondary N) is 2. The topological polar surface area (TPSA) is 78.5 Å². The van der Waals surface area contributed by atoms with Crippen LogP contribution in [0, 0.1) is 3.57 Å². The van der Waals surface area contributed by atoms with Gasteiger partial charge in [0, 0.05) is 28.0 Å². The summed E-state index contributed by atoms with van der Waals surface area (Å²) in [6.45, 7) is 1.52. The van der Waals surface area contributed by atoms with E-state index in [1.165, 1.54) is 12.1 Å². The average molecular weight is 499 g/mol. The van der Waals surface area contributed by atoms with E-state index >= 15 is 0 Å². The zero-order valence-electron chi connectivity index (χ0n) is 14.8. The Morgan fingerprint density at radius 3 is 2.00 bits per heavy atom. The Hall–Kier alpha value is -1.81. The SMILES string of the molecule is O=C(Nc1ccc(S(=O)(=O)Nc2ccc(I)cc2)cc1)N1CCCCCC1. The molecule has 144 valence electrons. The average Bonchev–Trinajstić information content (AvgIpc) is 2.93. The van der Waals surface area contributed by atoms with Crippen molar-refractivity contribution in [2.75, 3.05) is 23.1 Å². The number of amides is 2. The normalized spacial score (nSPS) is 15.1. The zero-order chi connectivity index (χ0) is 19.3. The van der Waals surface area contributed by atoms with Gasteiger partial charge in [-0.3, -0.25) is 4.72 Å². The standard InChI is InChI=1S/C19H22IN3O3S/c20-15-5-7-17(8-6-15)22-27(25,26)18-11-9-16(10-12-18)21-19(24)23-13-3-1-2-4-14-23/h5-12,22H,1-4,13-14H2,(H,21,24). The lowest BCUT2D eigenvalue weighted by molar-refractivity contribution is 0.214. The first kappa shape index (κ1) is 19.9. The number of hydrogen-bond donors (Lipinski definition) is 2. The van der Waals surface area contributed by atoms with Crippen molar-refractivity contribution in [2.45, 2.75) is 30.6 Å². The van der Waals surface area contributed by atoms with Crippen molar-refractivity contribution in [3.63, 3.8) is 0 Å². The van der Waals surface area contributed by atoms with Crippen LogP contribution in [0.15, 0.2) is 53.4 Å². The highest BCUT2D eigenvalue weighted by Gasteiger charge is 2.17. The molecule has 2 aromatic rings. The Labute approximate surface area is 173 Å². The molecule has 2 amide bonds. The second kappa shape index (κ2) is 8.92. The smallest absolute Gasteiger partial charge is 0.321 e. The van der Waals surface area contributed by atoms with Crippen molar-refractivity contribution in [1.82, 2.24) is 4.90 Å². The van der Waals surface area contributed by atoms with E-state index in [0.717, 1.165) is 42.3 Å². The summed E-state index contributed by atoms with van der Waals surface area (Å²) >= 11 is 2.16. The van der Waals surface area contributed by atoms with Gasteiger partial charge in [-0.25, -0.2) is 13.2 Å². The maximum atomic E-state index is 12.5. The molecule has 1 heterocycles. The molecular formula is C19H22IN3O3S. The maximum absolute atomic E-state index is 12.5. The minimum atomic E-state index is -3.67. The molecule has 1 fully saturated rings. The van der Waals surface area contributed by atoms with Gasteiger partial charge in [-0.2, -0.15) is 0 Å². The van der Waals surface area contributed by atoms with Crippen molar-refractivity contribution in [1.29, 1.82) is 0 Å². The fraction of sp³-hybridized carbons (Fsp3) is 0.316. The third kappa shape index (κ3) is 5.58. The maximum Gasteiger partial charge on any atom is 0.321 e. The molecule has 2 N–H and O–H groups in total. The van der Waals surface area contributed by atoms with E-state index in [1.54, 1.807) is 24.3 Å². The van der Waals surface area contributed by atoms with Crippen molar-refractivity contribution >= 4 is 50.0 Å². The highest BCUT2D eigenvalue weighted by molar-refractivity contribution is 14.1. The van der Waals surface area contributed by atoms with Crippen LogP contribution < -0.4 is 10.0 Å². The summed E-state index contributed by atoms with van der Waals surface area (Å²) in [4.78, 5) is 14.3. The highest BCUT2D eigenvalue weighted by atomic mass is 127. The summed E-state index contributed by atoms with van der Waals surface area (Å²) in [5.74, 6) is 0. The molecule has 3 rings (SSSR count). The fourth-order valence-corrected chi connectivity index (χ4v) is 4.34.